The molecule has 2 aromatic rings. The molecule has 6 nitrogen and oxygen atoms in total. The van der Waals surface area contributed by atoms with Crippen molar-refractivity contribution < 1.29 is 9.59 Å². The number of hydrogen-bond acceptors (Lipinski definition) is 5. The van der Waals surface area contributed by atoms with Gasteiger partial charge in [0.05, 0.1) is 6.04 Å². The second kappa shape index (κ2) is 8.20. The molecule has 0 saturated heterocycles. The Kier molecular flexibility index (Phi) is 5.75. The number of nitrogens with zero attached hydrogens (tertiary/aromatic N) is 2. The molecule has 0 fully saturated rings. The Bertz CT molecular complexity index is 759. The highest BCUT2D eigenvalue weighted by molar-refractivity contribution is 7.15. The SMILES string of the molecule is CCc1nnc(NC(=O)CCC(=O)N[C@H]2CCCc3ccccc32)s1. The molecule has 1 aromatic carbocycles. The lowest BCUT2D eigenvalue weighted by molar-refractivity contribution is -0.125. The zero-order valence-electron chi connectivity index (χ0n) is 14.2. The monoisotopic (exact) mass is 358 g/mol. The molecule has 3 rings (SSSR count). The summed E-state index contributed by atoms with van der Waals surface area (Å²) in [6.45, 7) is 1.99. The van der Waals surface area contributed by atoms with Crippen LogP contribution >= 0.6 is 11.3 Å². The van der Waals surface area contributed by atoms with E-state index in [2.05, 4.69) is 33.0 Å². The summed E-state index contributed by atoms with van der Waals surface area (Å²) in [7, 11) is 0. The number of rotatable bonds is 6. The highest BCUT2D eigenvalue weighted by Crippen LogP contribution is 2.29. The molecule has 0 aliphatic heterocycles. The number of amides is 2. The van der Waals surface area contributed by atoms with Crippen molar-refractivity contribution in [2.75, 3.05) is 5.32 Å². The third kappa shape index (κ3) is 4.63. The molecule has 1 aliphatic rings. The average Bonchev–Trinajstić information content (AvgIpc) is 3.08. The van der Waals surface area contributed by atoms with E-state index in [1.54, 1.807) is 0 Å². The van der Waals surface area contributed by atoms with Crippen molar-refractivity contribution in [1.82, 2.24) is 15.5 Å². The number of anilines is 1. The van der Waals surface area contributed by atoms with Crippen LogP contribution in [0.2, 0.25) is 0 Å². The number of carbonyl (C=O) groups excluding carboxylic acids is 2. The standard InChI is InChI=1S/C18H22N4O2S/c1-2-17-21-22-18(25-17)20-16(24)11-10-15(23)19-14-9-5-7-12-6-3-4-8-13(12)14/h3-4,6,8,14H,2,5,7,9-11H2,1H3,(H,19,23)(H,20,22,24)/t14-/m0/s1. The van der Waals surface area contributed by atoms with Gasteiger partial charge in [-0.2, -0.15) is 0 Å². The summed E-state index contributed by atoms with van der Waals surface area (Å²) < 4.78 is 0. The summed E-state index contributed by atoms with van der Waals surface area (Å²) in [4.78, 5) is 24.2. The zero-order valence-corrected chi connectivity index (χ0v) is 15.1. The Morgan fingerprint density at radius 1 is 1.20 bits per heavy atom. The van der Waals surface area contributed by atoms with E-state index in [4.69, 9.17) is 0 Å². The lowest BCUT2D eigenvalue weighted by Gasteiger charge is -2.26. The fraction of sp³-hybridized carbons (Fsp3) is 0.444. The van der Waals surface area contributed by atoms with Gasteiger partial charge in [-0.15, -0.1) is 10.2 Å². The lowest BCUT2D eigenvalue weighted by Crippen LogP contribution is -2.31. The number of benzene rings is 1. The van der Waals surface area contributed by atoms with Crippen LogP contribution in [0.3, 0.4) is 0 Å². The molecular formula is C18H22N4O2S. The first-order chi connectivity index (χ1) is 12.2. The molecule has 2 amide bonds. The van der Waals surface area contributed by atoms with Crippen LogP contribution in [0.5, 0.6) is 0 Å². The minimum atomic E-state index is -0.210. The summed E-state index contributed by atoms with van der Waals surface area (Å²) in [5, 5.41) is 15.0. The van der Waals surface area contributed by atoms with E-state index in [0.717, 1.165) is 30.7 Å². The first-order valence-electron chi connectivity index (χ1n) is 8.65. The molecule has 2 N–H and O–H groups in total. The van der Waals surface area contributed by atoms with Crippen molar-refractivity contribution in [3.8, 4) is 0 Å². The second-order valence-electron chi connectivity index (χ2n) is 6.11. The van der Waals surface area contributed by atoms with E-state index < -0.39 is 0 Å². The van der Waals surface area contributed by atoms with Gasteiger partial charge in [0.2, 0.25) is 16.9 Å². The first-order valence-corrected chi connectivity index (χ1v) is 9.46. The summed E-state index contributed by atoms with van der Waals surface area (Å²) >= 11 is 1.36. The number of aryl methyl sites for hydroxylation is 2. The molecule has 7 heteroatoms. The van der Waals surface area contributed by atoms with Crippen LogP contribution in [0.15, 0.2) is 24.3 Å². The van der Waals surface area contributed by atoms with Gasteiger partial charge in [0.1, 0.15) is 5.01 Å². The maximum Gasteiger partial charge on any atom is 0.226 e. The topological polar surface area (TPSA) is 84.0 Å². The number of aromatic nitrogens is 2. The summed E-state index contributed by atoms with van der Waals surface area (Å²) in [5.74, 6) is -0.304. The molecule has 0 unspecified atom stereocenters. The van der Waals surface area contributed by atoms with Gasteiger partial charge in [-0.3, -0.25) is 9.59 Å². The molecule has 0 bridgehead atoms. The number of hydrogen-bond donors (Lipinski definition) is 2. The Balaban J connectivity index is 1.47. The third-order valence-electron chi connectivity index (χ3n) is 4.30. The van der Waals surface area contributed by atoms with Crippen LogP contribution in [0.25, 0.3) is 0 Å². The highest BCUT2D eigenvalue weighted by Gasteiger charge is 2.21. The Labute approximate surface area is 151 Å². The van der Waals surface area contributed by atoms with Gasteiger partial charge in [-0.05, 0) is 36.8 Å². The minimum absolute atomic E-state index is 0.0517. The Morgan fingerprint density at radius 2 is 2.00 bits per heavy atom. The van der Waals surface area contributed by atoms with Crippen molar-refractivity contribution in [2.45, 2.75) is 51.5 Å². The van der Waals surface area contributed by atoms with Gasteiger partial charge in [0.25, 0.3) is 0 Å². The highest BCUT2D eigenvalue weighted by atomic mass is 32.1. The van der Waals surface area contributed by atoms with Crippen molar-refractivity contribution in [2.24, 2.45) is 0 Å². The predicted octanol–water partition coefficient (Wildman–Crippen LogP) is 3.01. The summed E-state index contributed by atoms with van der Waals surface area (Å²) in [5.41, 5.74) is 2.51. The van der Waals surface area contributed by atoms with Crippen molar-refractivity contribution in [3.05, 3.63) is 40.4 Å². The maximum atomic E-state index is 12.2. The van der Waals surface area contributed by atoms with Crippen LogP contribution in [-0.2, 0) is 22.4 Å². The molecule has 0 spiro atoms. The van der Waals surface area contributed by atoms with Gasteiger partial charge < -0.3 is 10.6 Å². The van der Waals surface area contributed by atoms with E-state index in [9.17, 15) is 9.59 Å². The van der Waals surface area contributed by atoms with Crippen LogP contribution < -0.4 is 10.6 Å². The van der Waals surface area contributed by atoms with Gasteiger partial charge in [-0.25, -0.2) is 0 Å². The van der Waals surface area contributed by atoms with Crippen LogP contribution in [0.1, 0.15) is 54.8 Å². The van der Waals surface area contributed by atoms with Crippen molar-refractivity contribution >= 4 is 28.3 Å². The van der Waals surface area contributed by atoms with E-state index in [-0.39, 0.29) is 30.7 Å². The van der Waals surface area contributed by atoms with Crippen molar-refractivity contribution in [1.29, 1.82) is 0 Å². The quantitative estimate of drug-likeness (QED) is 0.831. The molecule has 0 radical (unpaired) electrons. The molecule has 25 heavy (non-hydrogen) atoms. The maximum absolute atomic E-state index is 12.2. The molecule has 132 valence electrons. The number of fused-ring (bicyclic) bond motifs is 1. The third-order valence-corrected chi connectivity index (χ3v) is 5.28. The van der Waals surface area contributed by atoms with Crippen LogP contribution in [0, 0.1) is 0 Å². The summed E-state index contributed by atoms with van der Waals surface area (Å²) in [6, 6.07) is 8.28. The zero-order chi connectivity index (χ0) is 17.6. The van der Waals surface area contributed by atoms with Gasteiger partial charge >= 0.3 is 0 Å². The molecule has 1 aliphatic carbocycles. The van der Waals surface area contributed by atoms with Gasteiger partial charge in [0, 0.05) is 12.8 Å². The van der Waals surface area contributed by atoms with E-state index >= 15 is 0 Å². The Hall–Kier alpha value is -2.28. The van der Waals surface area contributed by atoms with E-state index in [0.29, 0.717) is 5.13 Å². The lowest BCUT2D eigenvalue weighted by atomic mass is 9.87. The van der Waals surface area contributed by atoms with E-state index in [1.807, 2.05) is 19.1 Å². The van der Waals surface area contributed by atoms with Crippen LogP contribution in [-0.4, -0.2) is 22.0 Å². The molecule has 1 aromatic heterocycles. The largest absolute Gasteiger partial charge is 0.349 e. The molecular weight excluding hydrogens is 336 g/mol. The second-order valence-corrected chi connectivity index (χ2v) is 7.18. The fourth-order valence-corrected chi connectivity index (χ4v) is 3.72. The van der Waals surface area contributed by atoms with Crippen molar-refractivity contribution in [3.63, 3.8) is 0 Å². The van der Waals surface area contributed by atoms with Gasteiger partial charge in [-0.1, -0.05) is 42.5 Å². The minimum Gasteiger partial charge on any atom is -0.349 e. The summed E-state index contributed by atoms with van der Waals surface area (Å²) in [6.07, 6.45) is 4.18. The number of carbonyl (C=O) groups is 2. The van der Waals surface area contributed by atoms with Gasteiger partial charge in [0.15, 0.2) is 0 Å². The fourth-order valence-electron chi connectivity index (χ4n) is 3.03. The molecule has 1 atom stereocenters. The number of nitrogens with one attached hydrogen (secondary N) is 2. The average molecular weight is 358 g/mol. The Morgan fingerprint density at radius 3 is 2.80 bits per heavy atom. The molecule has 0 saturated carbocycles. The van der Waals surface area contributed by atoms with Crippen LogP contribution in [0.4, 0.5) is 5.13 Å². The smallest absolute Gasteiger partial charge is 0.226 e. The first kappa shape index (κ1) is 17.5. The van der Waals surface area contributed by atoms with E-state index in [1.165, 1.54) is 22.5 Å². The predicted molar refractivity (Wildman–Crippen MR) is 97.4 cm³/mol. The normalized spacial score (nSPS) is 16.1. The molecule has 1 heterocycles.